The smallest absolute Gasteiger partial charge is 0.0270 e. The molecule has 2 heterocycles. The monoisotopic (exact) mass is 309 g/mol. The van der Waals surface area contributed by atoms with Crippen molar-refractivity contribution in [1.29, 1.82) is 0 Å². The fourth-order valence-corrected chi connectivity index (χ4v) is 3.28. The Labute approximate surface area is 139 Å². The average molecular weight is 309 g/mol. The maximum absolute atomic E-state index is 4.08. The Morgan fingerprint density at radius 2 is 1.87 bits per heavy atom. The first kappa shape index (κ1) is 16.2. The van der Waals surface area contributed by atoms with Gasteiger partial charge in [-0.1, -0.05) is 29.8 Å². The zero-order valence-electron chi connectivity index (χ0n) is 14.0. The number of hydrogen-bond acceptors (Lipinski definition) is 3. The fraction of sp³-hybridized carbons (Fsp3) is 0.450. The molecule has 0 spiro atoms. The van der Waals surface area contributed by atoms with Crippen LogP contribution in [-0.2, 0) is 13.0 Å². The molecule has 0 radical (unpaired) electrons. The molecule has 122 valence electrons. The summed E-state index contributed by atoms with van der Waals surface area (Å²) in [6.45, 7) is 6.72. The van der Waals surface area contributed by atoms with E-state index < -0.39 is 0 Å². The predicted octanol–water partition coefficient (Wildman–Crippen LogP) is 3.19. The quantitative estimate of drug-likeness (QED) is 0.888. The molecular weight excluding hydrogens is 282 g/mol. The zero-order valence-corrected chi connectivity index (χ0v) is 14.0. The van der Waals surface area contributed by atoms with Crippen LogP contribution in [0, 0.1) is 6.92 Å². The van der Waals surface area contributed by atoms with Gasteiger partial charge in [-0.3, -0.25) is 4.98 Å². The van der Waals surface area contributed by atoms with Crippen LogP contribution in [0.3, 0.4) is 0 Å². The molecule has 0 saturated carbocycles. The van der Waals surface area contributed by atoms with Gasteiger partial charge in [0.15, 0.2) is 0 Å². The third kappa shape index (κ3) is 5.15. The van der Waals surface area contributed by atoms with E-state index in [-0.39, 0.29) is 0 Å². The Bertz CT molecular complexity index is 589. The van der Waals surface area contributed by atoms with Crippen molar-refractivity contribution in [1.82, 2.24) is 15.2 Å². The van der Waals surface area contributed by atoms with E-state index in [1.54, 1.807) is 0 Å². The molecule has 1 aliphatic rings. The number of nitrogens with zero attached hydrogens (tertiary/aromatic N) is 2. The standard InChI is InChI=1S/C20H27N3/c1-17-3-2-4-19(15-17)16-22-20-8-13-23(14-9-20)12-7-18-5-10-21-11-6-18/h2-6,10-11,15,20,22H,7-9,12-14,16H2,1H3. The molecule has 0 atom stereocenters. The molecule has 0 unspecified atom stereocenters. The van der Waals surface area contributed by atoms with Crippen molar-refractivity contribution in [3.63, 3.8) is 0 Å². The first-order valence-corrected chi connectivity index (χ1v) is 8.70. The molecule has 1 saturated heterocycles. The van der Waals surface area contributed by atoms with E-state index in [0.717, 1.165) is 19.5 Å². The Kier molecular flexibility index (Phi) is 5.78. The molecule has 23 heavy (non-hydrogen) atoms. The van der Waals surface area contributed by atoms with Crippen molar-refractivity contribution in [3.8, 4) is 0 Å². The van der Waals surface area contributed by atoms with Crippen LogP contribution >= 0.6 is 0 Å². The van der Waals surface area contributed by atoms with Crippen molar-refractivity contribution in [2.75, 3.05) is 19.6 Å². The summed E-state index contributed by atoms with van der Waals surface area (Å²) in [6, 6.07) is 13.7. The van der Waals surface area contributed by atoms with Crippen LogP contribution in [0.4, 0.5) is 0 Å². The third-order valence-electron chi connectivity index (χ3n) is 4.73. The van der Waals surface area contributed by atoms with Gasteiger partial charge in [-0.15, -0.1) is 0 Å². The highest BCUT2D eigenvalue weighted by Crippen LogP contribution is 2.12. The SMILES string of the molecule is Cc1cccc(CNC2CCN(CCc3ccncc3)CC2)c1. The molecule has 2 aromatic rings. The zero-order chi connectivity index (χ0) is 15.9. The van der Waals surface area contributed by atoms with Crippen molar-refractivity contribution in [2.45, 2.75) is 38.8 Å². The largest absolute Gasteiger partial charge is 0.310 e. The van der Waals surface area contributed by atoms with Gasteiger partial charge in [0.05, 0.1) is 0 Å². The minimum absolute atomic E-state index is 0.660. The predicted molar refractivity (Wildman–Crippen MR) is 95.4 cm³/mol. The number of nitrogens with one attached hydrogen (secondary N) is 1. The highest BCUT2D eigenvalue weighted by atomic mass is 15.1. The average Bonchev–Trinajstić information content (AvgIpc) is 2.60. The Morgan fingerprint density at radius 1 is 1.09 bits per heavy atom. The van der Waals surface area contributed by atoms with Gasteiger partial charge in [0, 0.05) is 31.5 Å². The summed E-state index contributed by atoms with van der Waals surface area (Å²) in [6.07, 6.45) is 7.40. The van der Waals surface area contributed by atoms with Crippen molar-refractivity contribution in [2.24, 2.45) is 0 Å². The highest BCUT2D eigenvalue weighted by molar-refractivity contribution is 5.22. The second-order valence-electron chi connectivity index (χ2n) is 6.59. The summed E-state index contributed by atoms with van der Waals surface area (Å²) in [5.74, 6) is 0. The molecule has 0 amide bonds. The van der Waals surface area contributed by atoms with Crippen LogP contribution in [0.1, 0.15) is 29.5 Å². The molecule has 1 aromatic carbocycles. The summed E-state index contributed by atoms with van der Waals surface area (Å²) in [5.41, 5.74) is 4.13. The highest BCUT2D eigenvalue weighted by Gasteiger charge is 2.18. The molecule has 1 fully saturated rings. The molecule has 0 bridgehead atoms. The number of benzene rings is 1. The maximum Gasteiger partial charge on any atom is 0.0270 e. The van der Waals surface area contributed by atoms with Crippen LogP contribution in [0.5, 0.6) is 0 Å². The molecular formula is C20H27N3. The number of piperidine rings is 1. The van der Waals surface area contributed by atoms with Crippen LogP contribution in [0.2, 0.25) is 0 Å². The maximum atomic E-state index is 4.08. The molecule has 3 nitrogen and oxygen atoms in total. The Hall–Kier alpha value is -1.71. The van der Waals surface area contributed by atoms with Gasteiger partial charge in [0.2, 0.25) is 0 Å². The van der Waals surface area contributed by atoms with E-state index in [4.69, 9.17) is 0 Å². The fourth-order valence-electron chi connectivity index (χ4n) is 3.28. The van der Waals surface area contributed by atoms with E-state index in [0.29, 0.717) is 6.04 Å². The number of aromatic nitrogens is 1. The lowest BCUT2D eigenvalue weighted by atomic mass is 10.0. The summed E-state index contributed by atoms with van der Waals surface area (Å²) < 4.78 is 0. The molecule has 0 aliphatic carbocycles. The third-order valence-corrected chi connectivity index (χ3v) is 4.73. The van der Waals surface area contributed by atoms with Gasteiger partial charge in [0.1, 0.15) is 0 Å². The number of hydrogen-bond donors (Lipinski definition) is 1. The van der Waals surface area contributed by atoms with Gasteiger partial charge in [-0.25, -0.2) is 0 Å². The molecule has 3 heteroatoms. The lowest BCUT2D eigenvalue weighted by Crippen LogP contribution is -2.42. The van der Waals surface area contributed by atoms with Crippen LogP contribution in [0.15, 0.2) is 48.8 Å². The molecule has 1 aromatic heterocycles. The van der Waals surface area contributed by atoms with E-state index in [9.17, 15) is 0 Å². The minimum Gasteiger partial charge on any atom is -0.310 e. The van der Waals surface area contributed by atoms with Gasteiger partial charge in [-0.2, -0.15) is 0 Å². The lowest BCUT2D eigenvalue weighted by molar-refractivity contribution is 0.199. The van der Waals surface area contributed by atoms with E-state index >= 15 is 0 Å². The van der Waals surface area contributed by atoms with E-state index in [1.807, 2.05) is 12.4 Å². The van der Waals surface area contributed by atoms with Crippen LogP contribution < -0.4 is 5.32 Å². The van der Waals surface area contributed by atoms with Crippen molar-refractivity contribution < 1.29 is 0 Å². The second-order valence-corrected chi connectivity index (χ2v) is 6.59. The van der Waals surface area contributed by atoms with Crippen LogP contribution in [0.25, 0.3) is 0 Å². The van der Waals surface area contributed by atoms with Gasteiger partial charge in [-0.05, 0) is 62.5 Å². The summed E-state index contributed by atoms with van der Waals surface area (Å²) >= 11 is 0. The first-order chi connectivity index (χ1) is 11.3. The van der Waals surface area contributed by atoms with Crippen molar-refractivity contribution >= 4 is 0 Å². The van der Waals surface area contributed by atoms with Gasteiger partial charge >= 0.3 is 0 Å². The van der Waals surface area contributed by atoms with Crippen molar-refractivity contribution in [3.05, 3.63) is 65.5 Å². The van der Waals surface area contributed by atoms with E-state index in [1.165, 1.54) is 42.6 Å². The minimum atomic E-state index is 0.660. The number of rotatable bonds is 6. The molecule has 3 rings (SSSR count). The van der Waals surface area contributed by atoms with E-state index in [2.05, 4.69) is 58.5 Å². The number of pyridine rings is 1. The number of aryl methyl sites for hydroxylation is 1. The lowest BCUT2D eigenvalue weighted by Gasteiger charge is -2.32. The van der Waals surface area contributed by atoms with Crippen LogP contribution in [-0.4, -0.2) is 35.6 Å². The number of likely N-dealkylation sites (tertiary alicyclic amines) is 1. The topological polar surface area (TPSA) is 28.2 Å². The normalized spacial score (nSPS) is 16.6. The summed E-state index contributed by atoms with van der Waals surface area (Å²) in [7, 11) is 0. The van der Waals surface area contributed by atoms with Gasteiger partial charge in [0.25, 0.3) is 0 Å². The van der Waals surface area contributed by atoms with Gasteiger partial charge < -0.3 is 10.2 Å². The Balaban J connectivity index is 1.37. The second kappa shape index (κ2) is 8.23. The Morgan fingerprint density at radius 3 is 2.61 bits per heavy atom. The summed E-state index contributed by atoms with van der Waals surface area (Å²) in [5, 5.41) is 3.72. The molecule has 1 aliphatic heterocycles. The summed E-state index contributed by atoms with van der Waals surface area (Å²) in [4.78, 5) is 6.67. The first-order valence-electron chi connectivity index (χ1n) is 8.70. The molecule has 1 N–H and O–H groups in total.